The number of aromatic nitrogens is 2. The molecule has 0 unspecified atom stereocenters. The number of aromatic amines is 1. The number of rotatable bonds is 5. The maximum Gasteiger partial charge on any atom is 0.274 e. The lowest BCUT2D eigenvalue weighted by molar-refractivity contribution is 0.0730. The summed E-state index contributed by atoms with van der Waals surface area (Å²) in [6.45, 7) is 1.03. The molecule has 0 aliphatic carbocycles. The molecule has 0 radical (unpaired) electrons. The van der Waals surface area contributed by atoms with Crippen molar-refractivity contribution in [1.29, 1.82) is 0 Å². The molecule has 4 aromatic rings. The third-order valence-electron chi connectivity index (χ3n) is 5.86. The molecule has 1 saturated heterocycles. The maximum absolute atomic E-state index is 14.4. The number of benzene rings is 2. The van der Waals surface area contributed by atoms with Crippen LogP contribution in [0, 0.1) is 11.6 Å². The van der Waals surface area contributed by atoms with Gasteiger partial charge in [-0.1, -0.05) is 0 Å². The Labute approximate surface area is 199 Å². The molecule has 3 heterocycles. The highest BCUT2D eigenvalue weighted by atomic mass is 32.2. The normalized spacial score (nSPS) is 14.9. The molecule has 5 rings (SSSR count). The first-order valence-corrected chi connectivity index (χ1v) is 12.2. The fourth-order valence-electron chi connectivity index (χ4n) is 4.07. The van der Waals surface area contributed by atoms with Crippen LogP contribution < -0.4 is 10.3 Å². The predicted molar refractivity (Wildman–Crippen MR) is 125 cm³/mol. The summed E-state index contributed by atoms with van der Waals surface area (Å²) in [5.74, 6) is -1.76. The second-order valence-corrected chi connectivity index (χ2v) is 10.0. The molecule has 0 amide bonds. The van der Waals surface area contributed by atoms with Gasteiger partial charge in [-0.3, -0.25) is 4.79 Å². The van der Waals surface area contributed by atoms with E-state index in [0.717, 1.165) is 12.1 Å². The molecular formula is C24H21F2N3O5S. The van der Waals surface area contributed by atoms with Gasteiger partial charge in [-0.25, -0.2) is 17.2 Å². The molecule has 1 N–H and O–H groups in total. The van der Waals surface area contributed by atoms with Crippen LogP contribution in [0.5, 0.6) is 11.5 Å². The Kier molecular flexibility index (Phi) is 5.91. The minimum atomic E-state index is -3.86. The number of H-pyrrole nitrogens is 1. The van der Waals surface area contributed by atoms with E-state index in [1.165, 1.54) is 27.1 Å². The Morgan fingerprint density at radius 1 is 1.00 bits per heavy atom. The number of morpholine rings is 1. The molecule has 182 valence electrons. The number of fused-ring (bicyclic) bond motifs is 1. The summed E-state index contributed by atoms with van der Waals surface area (Å²) in [5.41, 5.74) is 0.881. The van der Waals surface area contributed by atoms with Gasteiger partial charge in [0.1, 0.15) is 17.1 Å². The fraction of sp³-hybridized carbons (Fsp3) is 0.208. The molecule has 1 fully saturated rings. The van der Waals surface area contributed by atoms with Crippen LogP contribution in [-0.2, 0) is 21.8 Å². The Morgan fingerprint density at radius 3 is 2.49 bits per heavy atom. The number of pyridine rings is 1. The number of hydrogen-bond donors (Lipinski definition) is 1. The zero-order chi connectivity index (χ0) is 24.7. The van der Waals surface area contributed by atoms with Crippen molar-refractivity contribution in [2.45, 2.75) is 4.90 Å². The predicted octanol–water partition coefficient (Wildman–Crippen LogP) is 3.63. The van der Waals surface area contributed by atoms with E-state index in [1.54, 1.807) is 25.5 Å². The van der Waals surface area contributed by atoms with Crippen LogP contribution in [0.2, 0.25) is 0 Å². The van der Waals surface area contributed by atoms with Crippen LogP contribution >= 0.6 is 0 Å². The molecule has 2 aromatic heterocycles. The molecular weight excluding hydrogens is 480 g/mol. The SMILES string of the molecule is Cn1cc(-c2cc(S(=O)(=O)N3CCOCC3)ccc2Oc2ccc(F)cc2F)c2cc[nH]c2c1=O. The topological polar surface area (TPSA) is 93.6 Å². The third-order valence-corrected chi connectivity index (χ3v) is 7.75. The van der Waals surface area contributed by atoms with Gasteiger partial charge in [-0.2, -0.15) is 4.31 Å². The van der Waals surface area contributed by atoms with Crippen LogP contribution in [-0.4, -0.2) is 48.6 Å². The number of aryl methyl sites for hydroxylation is 1. The average Bonchev–Trinajstić information content (AvgIpc) is 3.34. The van der Waals surface area contributed by atoms with Crippen molar-refractivity contribution in [3.05, 3.63) is 76.8 Å². The fourth-order valence-corrected chi connectivity index (χ4v) is 5.50. The standard InChI is InChI=1S/C24H21F2N3O5S/c1-28-14-19(17-6-7-27-23(17)24(28)30)18-13-16(35(31,32)29-8-10-33-11-9-29)3-5-21(18)34-22-4-2-15(25)12-20(22)26/h2-7,12-14,27H,8-11H2,1H3. The molecule has 0 atom stereocenters. The number of sulfonamides is 1. The van der Waals surface area contributed by atoms with E-state index in [1.807, 2.05) is 0 Å². The quantitative estimate of drug-likeness (QED) is 0.451. The Hall–Kier alpha value is -3.54. The van der Waals surface area contributed by atoms with Crippen molar-refractivity contribution >= 4 is 20.9 Å². The van der Waals surface area contributed by atoms with Crippen LogP contribution in [0.15, 0.2) is 64.5 Å². The van der Waals surface area contributed by atoms with E-state index in [4.69, 9.17) is 9.47 Å². The maximum atomic E-state index is 14.4. The van der Waals surface area contributed by atoms with Crippen molar-refractivity contribution in [1.82, 2.24) is 13.9 Å². The van der Waals surface area contributed by atoms with Gasteiger partial charge in [-0.15, -0.1) is 0 Å². The van der Waals surface area contributed by atoms with Crippen molar-refractivity contribution in [2.24, 2.45) is 7.05 Å². The minimum absolute atomic E-state index is 0.0128. The van der Waals surface area contributed by atoms with Crippen LogP contribution in [0.4, 0.5) is 8.78 Å². The van der Waals surface area contributed by atoms with Gasteiger partial charge in [0, 0.05) is 55.1 Å². The summed E-state index contributed by atoms with van der Waals surface area (Å²) in [6, 6.07) is 8.84. The van der Waals surface area contributed by atoms with Gasteiger partial charge in [0.25, 0.3) is 5.56 Å². The number of nitrogens with one attached hydrogen (secondary N) is 1. The molecule has 1 aliphatic rings. The molecule has 8 nitrogen and oxygen atoms in total. The van der Waals surface area contributed by atoms with Gasteiger partial charge < -0.3 is 19.0 Å². The number of ether oxygens (including phenoxy) is 2. The van der Waals surface area contributed by atoms with E-state index >= 15 is 0 Å². The van der Waals surface area contributed by atoms with Gasteiger partial charge in [0.05, 0.1) is 18.1 Å². The van der Waals surface area contributed by atoms with Crippen molar-refractivity contribution in [2.75, 3.05) is 26.3 Å². The zero-order valence-electron chi connectivity index (χ0n) is 18.6. The summed E-state index contributed by atoms with van der Waals surface area (Å²) >= 11 is 0. The van der Waals surface area contributed by atoms with Crippen LogP contribution in [0.3, 0.4) is 0 Å². The van der Waals surface area contributed by atoms with Gasteiger partial charge in [0.2, 0.25) is 10.0 Å². The number of halogens is 2. The largest absolute Gasteiger partial charge is 0.454 e. The smallest absolute Gasteiger partial charge is 0.274 e. The highest BCUT2D eigenvalue weighted by molar-refractivity contribution is 7.89. The van der Waals surface area contributed by atoms with E-state index < -0.39 is 21.7 Å². The average molecular weight is 502 g/mol. The minimum Gasteiger partial charge on any atom is -0.454 e. The summed E-state index contributed by atoms with van der Waals surface area (Å²) in [6.07, 6.45) is 3.16. The first-order valence-electron chi connectivity index (χ1n) is 10.8. The number of nitrogens with zero attached hydrogens (tertiary/aromatic N) is 2. The van der Waals surface area contributed by atoms with E-state index in [0.29, 0.717) is 41.3 Å². The van der Waals surface area contributed by atoms with Gasteiger partial charge in [-0.05, 0) is 36.4 Å². The number of hydrogen-bond acceptors (Lipinski definition) is 5. The lowest BCUT2D eigenvalue weighted by Gasteiger charge is -2.26. The summed E-state index contributed by atoms with van der Waals surface area (Å²) in [7, 11) is -2.29. The van der Waals surface area contributed by atoms with E-state index in [2.05, 4.69) is 4.98 Å². The van der Waals surface area contributed by atoms with Gasteiger partial charge in [0.15, 0.2) is 11.6 Å². The molecule has 0 spiro atoms. The summed E-state index contributed by atoms with van der Waals surface area (Å²) < 4.78 is 68.2. The van der Waals surface area contributed by atoms with E-state index in [-0.39, 0.29) is 35.0 Å². The summed E-state index contributed by atoms with van der Waals surface area (Å²) in [5, 5.41) is 0.540. The van der Waals surface area contributed by atoms with E-state index in [9.17, 15) is 22.0 Å². The third kappa shape index (κ3) is 4.22. The molecule has 0 saturated carbocycles. The molecule has 1 aliphatic heterocycles. The monoisotopic (exact) mass is 501 g/mol. The Bertz CT molecular complexity index is 1590. The summed E-state index contributed by atoms with van der Waals surface area (Å²) in [4.78, 5) is 15.5. The highest BCUT2D eigenvalue weighted by Gasteiger charge is 2.28. The molecule has 0 bridgehead atoms. The lowest BCUT2D eigenvalue weighted by Crippen LogP contribution is -2.40. The van der Waals surface area contributed by atoms with Crippen molar-refractivity contribution in [3.63, 3.8) is 0 Å². The second-order valence-electron chi connectivity index (χ2n) is 8.08. The van der Waals surface area contributed by atoms with Gasteiger partial charge >= 0.3 is 0 Å². The molecule has 2 aromatic carbocycles. The van der Waals surface area contributed by atoms with Crippen LogP contribution in [0.1, 0.15) is 0 Å². The van der Waals surface area contributed by atoms with Crippen molar-refractivity contribution in [3.8, 4) is 22.6 Å². The Morgan fingerprint density at radius 2 is 1.74 bits per heavy atom. The molecule has 35 heavy (non-hydrogen) atoms. The second kappa shape index (κ2) is 8.91. The highest BCUT2D eigenvalue weighted by Crippen LogP contribution is 2.39. The first-order chi connectivity index (χ1) is 16.8. The zero-order valence-corrected chi connectivity index (χ0v) is 19.4. The lowest BCUT2D eigenvalue weighted by atomic mass is 10.0. The first kappa shape index (κ1) is 23.2. The van der Waals surface area contributed by atoms with Crippen LogP contribution in [0.25, 0.3) is 22.0 Å². The molecule has 11 heteroatoms. The Balaban J connectivity index is 1.71. The van der Waals surface area contributed by atoms with Crippen molar-refractivity contribution < 1.29 is 26.7 Å².